The Morgan fingerprint density at radius 2 is 0.537 bits per heavy atom. The average Bonchev–Trinajstić information content (AvgIpc) is 1.89. The van der Waals surface area contributed by atoms with E-state index in [2.05, 4.69) is 48.5 Å². The van der Waals surface area contributed by atoms with E-state index >= 15 is 0 Å². The second-order valence-corrected chi connectivity index (χ2v) is 31.5. The molecule has 3 unspecified atom stereocenters. The maximum Gasteiger partial charge on any atom is 0.472 e. The van der Waals surface area contributed by atoms with Gasteiger partial charge in [-0.25, -0.2) is 9.13 Å². The molecule has 0 rings (SSSR count). The van der Waals surface area contributed by atoms with Gasteiger partial charge in [-0.05, 0) is 43.4 Å². The molecule has 0 spiro atoms. The lowest BCUT2D eigenvalue weighted by Crippen LogP contribution is -2.30. The molecule has 0 amide bonds. The van der Waals surface area contributed by atoms with E-state index in [4.69, 9.17) is 37.0 Å². The maximum absolute atomic E-state index is 13.1. The van der Waals surface area contributed by atoms with Crippen LogP contribution in [0.25, 0.3) is 0 Å². The van der Waals surface area contributed by atoms with Crippen molar-refractivity contribution in [3.05, 3.63) is 0 Å². The molecular weight excluding hydrogens is 1250 g/mol. The van der Waals surface area contributed by atoms with Gasteiger partial charge >= 0.3 is 39.5 Å². The first-order valence-corrected chi connectivity index (χ1v) is 42.4. The van der Waals surface area contributed by atoms with Crippen LogP contribution in [0.1, 0.15) is 389 Å². The number of ether oxygens (including phenoxy) is 4. The predicted molar refractivity (Wildman–Crippen MR) is 386 cm³/mol. The molecule has 0 aliphatic heterocycles. The van der Waals surface area contributed by atoms with Crippen LogP contribution in [0.3, 0.4) is 0 Å². The number of rotatable bonds is 74. The minimum absolute atomic E-state index is 0.105. The monoisotopic (exact) mass is 1400 g/mol. The Bertz CT molecular complexity index is 1850. The number of aliphatic hydroxyl groups is 1. The summed E-state index contributed by atoms with van der Waals surface area (Å²) < 4.78 is 68.5. The topological polar surface area (TPSA) is 237 Å². The van der Waals surface area contributed by atoms with Crippen molar-refractivity contribution in [1.82, 2.24) is 0 Å². The second-order valence-electron chi connectivity index (χ2n) is 28.6. The molecule has 0 aliphatic rings. The summed E-state index contributed by atoms with van der Waals surface area (Å²) >= 11 is 0. The molecule has 0 saturated carbocycles. The van der Waals surface area contributed by atoms with Gasteiger partial charge < -0.3 is 33.8 Å². The third-order valence-electron chi connectivity index (χ3n) is 18.0. The molecule has 0 heterocycles. The second kappa shape index (κ2) is 66.6. The third kappa shape index (κ3) is 69.0. The number of carbonyl (C=O) groups is 4. The van der Waals surface area contributed by atoms with E-state index in [1.807, 2.05) is 0 Å². The summed E-state index contributed by atoms with van der Waals surface area (Å²) in [6.07, 6.45) is 52.6. The number of esters is 4. The summed E-state index contributed by atoms with van der Waals surface area (Å²) in [6.45, 7) is 11.9. The fraction of sp³-hybridized carbons (Fsp3) is 0.947. The summed E-state index contributed by atoms with van der Waals surface area (Å²) in [7, 11) is -9.91. The summed E-state index contributed by atoms with van der Waals surface area (Å²) in [6, 6.07) is 0. The van der Waals surface area contributed by atoms with Gasteiger partial charge in [-0.1, -0.05) is 337 Å². The molecule has 0 aromatic carbocycles. The fourth-order valence-electron chi connectivity index (χ4n) is 11.6. The van der Waals surface area contributed by atoms with Crippen molar-refractivity contribution in [3.8, 4) is 0 Å². The van der Waals surface area contributed by atoms with Crippen LogP contribution in [0.15, 0.2) is 0 Å². The van der Waals surface area contributed by atoms with Crippen molar-refractivity contribution in [2.45, 2.75) is 407 Å². The summed E-state index contributed by atoms with van der Waals surface area (Å²) in [5.41, 5.74) is 0. The van der Waals surface area contributed by atoms with Gasteiger partial charge in [0.15, 0.2) is 12.2 Å². The minimum atomic E-state index is -4.96. The zero-order valence-electron chi connectivity index (χ0n) is 62.1. The van der Waals surface area contributed by atoms with E-state index in [1.165, 1.54) is 199 Å². The van der Waals surface area contributed by atoms with Gasteiger partial charge in [0.05, 0.1) is 26.4 Å². The molecule has 0 fully saturated rings. The molecule has 19 heteroatoms. The summed E-state index contributed by atoms with van der Waals surface area (Å²) in [5, 5.41) is 10.6. The van der Waals surface area contributed by atoms with Crippen LogP contribution in [0.5, 0.6) is 0 Å². The van der Waals surface area contributed by atoms with Crippen molar-refractivity contribution in [2.24, 2.45) is 17.8 Å². The Morgan fingerprint density at radius 1 is 0.305 bits per heavy atom. The van der Waals surface area contributed by atoms with Crippen molar-refractivity contribution in [1.29, 1.82) is 0 Å². The number of phosphoric ester groups is 2. The maximum atomic E-state index is 13.1. The SMILES string of the molecule is CCCCCCCCCCCCCCC(=O)OC[C@H](COP(=O)(O)OC[C@H](O)COP(=O)(O)OC[C@@H](COC(=O)CCCCCCCCCCCC(C)C)OC(=O)CCCCCCCCCCCCCCCCCCC(C)C)OC(=O)CCCCCCCCCCC(C)CC. The number of phosphoric acid groups is 2. The van der Waals surface area contributed by atoms with E-state index in [9.17, 15) is 43.2 Å². The lowest BCUT2D eigenvalue weighted by atomic mass is 9.99. The quantitative estimate of drug-likeness (QED) is 0.0222. The van der Waals surface area contributed by atoms with Gasteiger partial charge in [-0.15, -0.1) is 0 Å². The van der Waals surface area contributed by atoms with Crippen LogP contribution in [0.4, 0.5) is 0 Å². The first-order valence-electron chi connectivity index (χ1n) is 39.4. The highest BCUT2D eigenvalue weighted by Crippen LogP contribution is 2.45. The highest BCUT2D eigenvalue weighted by atomic mass is 31.2. The highest BCUT2D eigenvalue weighted by molar-refractivity contribution is 7.47. The van der Waals surface area contributed by atoms with Gasteiger partial charge in [-0.3, -0.25) is 37.3 Å². The minimum Gasteiger partial charge on any atom is -0.462 e. The van der Waals surface area contributed by atoms with Crippen molar-refractivity contribution >= 4 is 39.5 Å². The van der Waals surface area contributed by atoms with Crippen LogP contribution in [-0.4, -0.2) is 96.7 Å². The fourth-order valence-corrected chi connectivity index (χ4v) is 13.1. The molecule has 95 heavy (non-hydrogen) atoms. The Kier molecular flexibility index (Phi) is 65.2. The largest absolute Gasteiger partial charge is 0.472 e. The molecule has 564 valence electrons. The molecule has 0 saturated heterocycles. The molecule has 0 radical (unpaired) electrons. The molecule has 0 bridgehead atoms. The standard InChI is InChI=1S/C76H148O17P2/c1-8-10-11-12-13-14-15-23-28-36-43-50-57-73(78)86-64-72(93-76(81)60-53-46-39-32-31-35-42-49-56-69(7)9-2)66-91-95(84,85)89-62-70(77)61-88-94(82,83)90-65-71(63-87-74(79)58-51-44-37-30-25-27-34-41-48-55-68(5)6)92-75(80)59-52-45-38-29-24-21-19-17-16-18-20-22-26-33-40-47-54-67(3)4/h67-72,77H,8-66H2,1-7H3,(H,82,83)(H,84,85)/t69?,70-,71-,72-/m1/s1. The van der Waals surface area contributed by atoms with Crippen LogP contribution < -0.4 is 0 Å². The number of unbranched alkanes of at least 4 members (excludes halogenated alkanes) is 41. The van der Waals surface area contributed by atoms with Gasteiger partial charge in [0.25, 0.3) is 0 Å². The van der Waals surface area contributed by atoms with Crippen LogP contribution in [0.2, 0.25) is 0 Å². The van der Waals surface area contributed by atoms with E-state index in [0.29, 0.717) is 25.7 Å². The van der Waals surface area contributed by atoms with Crippen molar-refractivity contribution in [2.75, 3.05) is 39.6 Å². The third-order valence-corrected chi connectivity index (χ3v) is 19.9. The van der Waals surface area contributed by atoms with E-state index < -0.39 is 97.5 Å². The molecular formula is C76H148O17P2. The lowest BCUT2D eigenvalue weighted by molar-refractivity contribution is -0.161. The Morgan fingerprint density at radius 3 is 0.800 bits per heavy atom. The van der Waals surface area contributed by atoms with E-state index in [1.54, 1.807) is 0 Å². The normalized spacial score (nSPS) is 14.4. The Labute approximate surface area is 581 Å². The highest BCUT2D eigenvalue weighted by Gasteiger charge is 2.30. The van der Waals surface area contributed by atoms with Crippen LogP contribution in [0, 0.1) is 17.8 Å². The van der Waals surface area contributed by atoms with Crippen molar-refractivity contribution < 1.29 is 80.2 Å². The van der Waals surface area contributed by atoms with Gasteiger partial charge in [0.2, 0.25) is 0 Å². The molecule has 3 N–H and O–H groups in total. The number of hydrogen-bond donors (Lipinski definition) is 3. The molecule has 0 aliphatic carbocycles. The van der Waals surface area contributed by atoms with Crippen LogP contribution in [-0.2, 0) is 65.4 Å². The Balaban J connectivity index is 5.24. The molecule has 0 aromatic rings. The van der Waals surface area contributed by atoms with Gasteiger partial charge in [0, 0.05) is 25.7 Å². The predicted octanol–water partition coefficient (Wildman–Crippen LogP) is 22.2. The summed E-state index contributed by atoms with van der Waals surface area (Å²) in [4.78, 5) is 72.8. The molecule has 0 aromatic heterocycles. The lowest BCUT2D eigenvalue weighted by Gasteiger charge is -2.21. The number of hydrogen-bond acceptors (Lipinski definition) is 15. The van der Waals surface area contributed by atoms with E-state index in [0.717, 1.165) is 108 Å². The zero-order chi connectivity index (χ0) is 70.1. The first-order chi connectivity index (χ1) is 45.8. The number of carbonyl (C=O) groups excluding carboxylic acids is 4. The average molecular weight is 1400 g/mol. The summed E-state index contributed by atoms with van der Waals surface area (Å²) in [5.74, 6) is 0.204. The van der Waals surface area contributed by atoms with Gasteiger partial charge in [0.1, 0.15) is 19.3 Å². The van der Waals surface area contributed by atoms with E-state index in [-0.39, 0.29) is 25.7 Å². The van der Waals surface area contributed by atoms with Crippen molar-refractivity contribution in [3.63, 3.8) is 0 Å². The Hall–Kier alpha value is -1.94. The van der Waals surface area contributed by atoms with Gasteiger partial charge in [-0.2, -0.15) is 0 Å². The first kappa shape index (κ1) is 93.1. The van der Waals surface area contributed by atoms with Crippen LogP contribution >= 0.6 is 15.6 Å². The smallest absolute Gasteiger partial charge is 0.462 e. The molecule has 6 atom stereocenters. The number of aliphatic hydroxyl groups excluding tert-OH is 1. The molecule has 17 nitrogen and oxygen atoms in total. The zero-order valence-corrected chi connectivity index (χ0v) is 63.9.